The van der Waals surface area contributed by atoms with E-state index >= 15 is 0 Å². The lowest BCUT2D eigenvalue weighted by molar-refractivity contribution is 0.298. The van der Waals surface area contributed by atoms with Gasteiger partial charge in [-0.3, -0.25) is 0 Å². The standard InChI is InChI=1S/C8H18N.3C6H14N.2C4H9.2C2H5.4CH3.4Al/c1-4-7-8-9(5-2)6-3;3*1-4-5-6-7(2)3;2*1-3-4-2;2*1-2;;;;;;;;/h1,4-8H2,2-3H3;3*1,4-6H2,2-3H3;2*1,3-4H2,2H3;2*1H2,2H3;4*1H3;;;;. The summed E-state index contributed by atoms with van der Waals surface area (Å²) < 4.78 is 0. The van der Waals surface area contributed by atoms with Gasteiger partial charge in [0.25, 0.3) is 56.6 Å². The number of rotatable bonds is 30. The molecule has 0 atom stereocenters. The van der Waals surface area contributed by atoms with E-state index in [1.54, 1.807) is 21.1 Å². The molecule has 0 bridgehead atoms. The van der Waals surface area contributed by atoms with E-state index in [0.29, 0.717) is 0 Å². The summed E-state index contributed by atoms with van der Waals surface area (Å²) in [5.74, 6) is 9.74. The number of hydrogen-bond donors (Lipinski definition) is 0. The summed E-state index contributed by atoms with van der Waals surface area (Å²) >= 11 is -1.15. The largest absolute Gasteiger partial charge is 0.309 e. The van der Waals surface area contributed by atoms with Crippen LogP contribution in [0.4, 0.5) is 0 Å². The smallest absolute Gasteiger partial charge is 0.261 e. The van der Waals surface area contributed by atoms with Gasteiger partial charge in [-0.25, -0.2) is 0 Å². The second-order valence-electron chi connectivity index (χ2n) is 17.0. The van der Waals surface area contributed by atoms with Gasteiger partial charge in [0, 0.05) is 0 Å². The van der Waals surface area contributed by atoms with Crippen LogP contribution in [0, 0.1) is 0 Å². The number of unbranched alkanes of at least 4 members (excludes halogenated alkanes) is 6. The Hall–Kier alpha value is 1.97. The lowest BCUT2D eigenvalue weighted by atomic mass is 10.3. The van der Waals surface area contributed by atoms with Gasteiger partial charge in [-0.1, -0.05) is 135 Å². The Bertz CT molecular complexity index is 544. The molecule has 0 saturated heterocycles. The molecule has 0 fully saturated rings. The highest BCUT2D eigenvalue weighted by Crippen LogP contribution is 2.16. The van der Waals surface area contributed by atoms with E-state index in [4.69, 9.17) is 0 Å². The fourth-order valence-electron chi connectivity index (χ4n) is 6.25. The Morgan fingerprint density at radius 1 is 0.340 bits per heavy atom. The average Bonchev–Trinajstić information content (AvgIpc) is 3.06. The van der Waals surface area contributed by atoms with E-state index in [1.807, 2.05) is 0 Å². The molecule has 0 amide bonds. The van der Waals surface area contributed by atoms with Crippen molar-refractivity contribution in [3.8, 4) is 0 Å². The summed E-state index contributed by atoms with van der Waals surface area (Å²) in [6.07, 6.45) is 17.3. The quantitative estimate of drug-likeness (QED) is 0.0533. The zero-order valence-electron chi connectivity index (χ0n) is 38.5. The van der Waals surface area contributed by atoms with Crippen molar-refractivity contribution < 1.29 is 0 Å². The zero-order chi connectivity index (χ0) is 39.0. The first kappa shape index (κ1) is 58.7. The molecule has 0 aromatic heterocycles. The number of nitrogens with zero attached hydrogens (tertiary/aromatic N) is 4. The predicted octanol–water partition coefficient (Wildman–Crippen LogP) is 12.2. The normalized spacial score (nSPS) is 10.8. The van der Waals surface area contributed by atoms with Crippen molar-refractivity contribution in [3.05, 3.63) is 0 Å². The minimum atomic E-state index is -0.351. The van der Waals surface area contributed by atoms with Gasteiger partial charge in [-0.05, 0) is 107 Å². The van der Waals surface area contributed by atoms with Crippen LogP contribution in [0.15, 0.2) is 0 Å². The maximum atomic E-state index is 2.52. The van der Waals surface area contributed by atoms with E-state index in [-0.39, 0.29) is 56.6 Å². The fraction of sp³-hybridized carbons (Fsp3) is 1.00. The predicted molar refractivity (Wildman–Crippen MR) is 246 cm³/mol. The van der Waals surface area contributed by atoms with Crippen LogP contribution in [0.25, 0.3) is 0 Å². The van der Waals surface area contributed by atoms with E-state index in [2.05, 4.69) is 127 Å². The molecule has 0 aliphatic heterocycles. The molecule has 4 nitrogen and oxygen atoms in total. The molecule has 300 valence electrons. The average molecular weight is 769 g/mol. The first-order valence-corrected chi connectivity index (χ1v) is 33.5. The van der Waals surface area contributed by atoms with Crippen molar-refractivity contribution in [3.63, 3.8) is 0 Å². The lowest BCUT2D eigenvalue weighted by Gasteiger charge is -2.17. The first-order valence-electron chi connectivity index (χ1n) is 22.4. The molecular formula is C42H100Al4N4. The van der Waals surface area contributed by atoms with Gasteiger partial charge < -0.3 is 19.6 Å². The Kier molecular flexibility index (Phi) is 55.3. The molecule has 0 unspecified atom stereocenters. The molecule has 50 heavy (non-hydrogen) atoms. The van der Waals surface area contributed by atoms with Crippen LogP contribution >= 0.6 is 0 Å². The van der Waals surface area contributed by atoms with Gasteiger partial charge in [0.2, 0.25) is 0 Å². The number of hydrogen-bond acceptors (Lipinski definition) is 4. The Morgan fingerprint density at radius 2 is 0.640 bits per heavy atom. The maximum absolute atomic E-state index is 2.52. The van der Waals surface area contributed by atoms with Gasteiger partial charge in [-0.15, -0.1) is 23.1 Å². The summed E-state index contributed by atoms with van der Waals surface area (Å²) in [6.45, 7) is 21.5. The van der Waals surface area contributed by atoms with Crippen LogP contribution in [-0.2, 0) is 0 Å². The first-order chi connectivity index (χ1) is 23.7. The molecular weight excluding hydrogens is 668 g/mol. The van der Waals surface area contributed by atoms with Crippen molar-refractivity contribution in [2.24, 2.45) is 0 Å². The fourth-order valence-corrected chi connectivity index (χ4v) is 14.4. The van der Waals surface area contributed by atoms with Crippen LogP contribution in [0.2, 0.25) is 65.4 Å². The van der Waals surface area contributed by atoms with E-state index in [1.165, 1.54) is 137 Å². The molecule has 0 radical (unpaired) electrons. The van der Waals surface area contributed by atoms with E-state index < -0.39 is 0 Å². The Balaban J connectivity index is -0.000000286. The second kappa shape index (κ2) is 47.1. The molecule has 0 spiro atoms. The monoisotopic (exact) mass is 769 g/mol. The van der Waals surface area contributed by atoms with Crippen molar-refractivity contribution in [1.29, 1.82) is 0 Å². The summed E-state index contributed by atoms with van der Waals surface area (Å²) in [5, 5.41) is 12.4. The highest BCUT2D eigenvalue weighted by Gasteiger charge is 2.15. The highest BCUT2D eigenvalue weighted by atomic mass is 27.2. The molecule has 8 heteroatoms. The third-order valence-electron chi connectivity index (χ3n) is 10.1. The maximum Gasteiger partial charge on any atom is 0.261 e. The van der Waals surface area contributed by atoms with Crippen LogP contribution in [0.5, 0.6) is 0 Å². The van der Waals surface area contributed by atoms with Crippen LogP contribution in [-0.4, -0.2) is 158 Å². The Labute approximate surface area is 339 Å². The summed E-state index contributed by atoms with van der Waals surface area (Å²) in [6, 6.07) is 0. The van der Waals surface area contributed by atoms with Gasteiger partial charge in [-0.2, -0.15) is 0 Å². The highest BCUT2D eigenvalue weighted by molar-refractivity contribution is 6.59. The minimum absolute atomic E-state index is 0.252. The lowest BCUT2D eigenvalue weighted by Crippen LogP contribution is -2.24. The molecule has 0 aromatic carbocycles. The molecule has 0 rings (SSSR count). The molecule has 0 saturated carbocycles. The SMILES string of the molecule is CCC[CH2][Al]([CH2]CCC)[CH2]CCCN(C)C.CCN(CC)CCC[CH2][Al]([CH3])[CH3].CN(C)CCC[CH2][Al]([CH3])[CH3].C[CH2][Al]([CH2]C)[CH2]CCCN(C)C. The van der Waals surface area contributed by atoms with Gasteiger partial charge >= 0.3 is 0 Å². The second-order valence-corrected chi connectivity index (χ2v) is 31.2. The van der Waals surface area contributed by atoms with Gasteiger partial charge in [0.1, 0.15) is 0 Å². The summed E-state index contributed by atoms with van der Waals surface area (Å²) in [4.78, 5) is 9.38. The minimum Gasteiger partial charge on any atom is -0.309 e. The third kappa shape index (κ3) is 56.7. The van der Waals surface area contributed by atoms with Crippen molar-refractivity contribution in [1.82, 2.24) is 19.6 Å². The third-order valence-corrected chi connectivity index (χ3v) is 20.4. The molecule has 0 aliphatic carbocycles. The summed E-state index contributed by atoms with van der Waals surface area (Å²) in [5.41, 5.74) is 0. The van der Waals surface area contributed by atoms with Crippen LogP contribution in [0.1, 0.15) is 119 Å². The van der Waals surface area contributed by atoms with E-state index in [9.17, 15) is 0 Å². The zero-order valence-corrected chi connectivity index (χ0v) is 43.1. The summed E-state index contributed by atoms with van der Waals surface area (Å²) in [7, 11) is 13.0. The van der Waals surface area contributed by atoms with E-state index in [0.717, 1.165) is 0 Å². The molecule has 0 heterocycles. The Morgan fingerprint density at radius 3 is 0.920 bits per heavy atom. The van der Waals surface area contributed by atoms with Crippen LogP contribution < -0.4 is 0 Å². The topological polar surface area (TPSA) is 13.0 Å². The van der Waals surface area contributed by atoms with Crippen molar-refractivity contribution >= 4 is 56.6 Å². The molecule has 0 N–H and O–H groups in total. The van der Waals surface area contributed by atoms with Gasteiger partial charge in [0.15, 0.2) is 0 Å². The molecule has 0 aliphatic rings. The molecule has 0 aromatic rings. The van der Waals surface area contributed by atoms with Gasteiger partial charge in [0.05, 0.1) is 0 Å². The van der Waals surface area contributed by atoms with Crippen LogP contribution in [0.3, 0.4) is 0 Å². The van der Waals surface area contributed by atoms with Crippen molar-refractivity contribution in [2.45, 2.75) is 184 Å². The van der Waals surface area contributed by atoms with Crippen molar-refractivity contribution in [2.75, 3.05) is 81.6 Å².